The maximum Gasteiger partial charge on any atom is 0.291 e. The van der Waals surface area contributed by atoms with Crippen molar-refractivity contribution < 1.29 is 0 Å². The van der Waals surface area contributed by atoms with Gasteiger partial charge in [0.2, 0.25) is 0 Å². The van der Waals surface area contributed by atoms with Gasteiger partial charge in [-0.05, 0) is 31.1 Å². The SMILES string of the molecule is C/C=C(/Cn1ncc2c3sc(Cc4cccnc4)nc3n(C)c2c1=O)c1cn[nH]c1C. The number of nitrogens with one attached hydrogen (secondary N) is 1. The summed E-state index contributed by atoms with van der Waals surface area (Å²) in [6.45, 7) is 4.30. The van der Waals surface area contributed by atoms with Crippen LogP contribution in [0.5, 0.6) is 0 Å². The average molecular weight is 432 g/mol. The van der Waals surface area contributed by atoms with Gasteiger partial charge in [0.15, 0.2) is 5.65 Å². The summed E-state index contributed by atoms with van der Waals surface area (Å²) in [7, 11) is 1.89. The molecule has 0 saturated heterocycles. The molecule has 5 aromatic rings. The van der Waals surface area contributed by atoms with Crippen LogP contribution in [0.4, 0.5) is 0 Å². The molecular formula is C22H21N7OS. The summed E-state index contributed by atoms with van der Waals surface area (Å²) in [6.07, 6.45) is 9.88. The first-order valence-electron chi connectivity index (χ1n) is 9.95. The minimum atomic E-state index is -0.125. The van der Waals surface area contributed by atoms with E-state index in [2.05, 4.69) is 20.3 Å². The minimum absolute atomic E-state index is 0.125. The molecule has 0 aliphatic rings. The monoisotopic (exact) mass is 431 g/mol. The Morgan fingerprint density at radius 3 is 2.87 bits per heavy atom. The van der Waals surface area contributed by atoms with Crippen molar-refractivity contribution in [3.8, 4) is 0 Å². The summed E-state index contributed by atoms with van der Waals surface area (Å²) in [6, 6.07) is 3.96. The van der Waals surface area contributed by atoms with Crippen molar-refractivity contribution in [1.82, 2.24) is 34.5 Å². The zero-order valence-corrected chi connectivity index (χ0v) is 18.3. The lowest BCUT2D eigenvalue weighted by Crippen LogP contribution is -2.24. The molecule has 9 heteroatoms. The molecule has 1 N–H and O–H groups in total. The van der Waals surface area contributed by atoms with E-state index in [1.54, 1.807) is 29.9 Å². The number of nitrogens with zero attached hydrogens (tertiary/aromatic N) is 6. The van der Waals surface area contributed by atoms with Gasteiger partial charge < -0.3 is 4.57 Å². The number of aromatic nitrogens is 7. The van der Waals surface area contributed by atoms with E-state index in [-0.39, 0.29) is 5.56 Å². The predicted octanol–water partition coefficient (Wildman–Crippen LogP) is 3.47. The molecule has 0 unspecified atom stereocenters. The topological polar surface area (TPSA) is 94.3 Å². The van der Waals surface area contributed by atoms with Gasteiger partial charge >= 0.3 is 0 Å². The fourth-order valence-electron chi connectivity index (χ4n) is 3.87. The number of H-pyrrole nitrogens is 1. The largest absolute Gasteiger partial charge is 0.323 e. The van der Waals surface area contributed by atoms with Crippen molar-refractivity contribution in [2.75, 3.05) is 0 Å². The highest BCUT2D eigenvalue weighted by Gasteiger charge is 2.19. The van der Waals surface area contributed by atoms with Gasteiger partial charge in [0.25, 0.3) is 5.56 Å². The summed E-state index contributed by atoms with van der Waals surface area (Å²) in [5.41, 5.74) is 5.37. The first-order chi connectivity index (χ1) is 15.1. The van der Waals surface area contributed by atoms with Crippen molar-refractivity contribution in [1.29, 1.82) is 0 Å². The van der Waals surface area contributed by atoms with E-state index in [4.69, 9.17) is 4.98 Å². The lowest BCUT2D eigenvalue weighted by molar-refractivity contribution is 0.665. The number of allylic oxidation sites excluding steroid dienone is 2. The van der Waals surface area contributed by atoms with Crippen LogP contribution in [0.25, 0.3) is 26.8 Å². The van der Waals surface area contributed by atoms with Crippen LogP contribution in [0.1, 0.15) is 28.8 Å². The van der Waals surface area contributed by atoms with Crippen LogP contribution >= 0.6 is 11.3 Å². The van der Waals surface area contributed by atoms with Gasteiger partial charge in [-0.2, -0.15) is 10.2 Å². The van der Waals surface area contributed by atoms with E-state index in [1.165, 1.54) is 4.68 Å². The summed E-state index contributed by atoms with van der Waals surface area (Å²) in [5, 5.41) is 13.3. The molecule has 5 aromatic heterocycles. The van der Waals surface area contributed by atoms with E-state index in [9.17, 15) is 4.79 Å². The molecule has 0 atom stereocenters. The number of fused-ring (bicyclic) bond motifs is 3. The lowest BCUT2D eigenvalue weighted by Gasteiger charge is -2.09. The second kappa shape index (κ2) is 7.59. The Labute approximate surface area is 181 Å². The fourth-order valence-corrected chi connectivity index (χ4v) is 5.01. The third-order valence-corrected chi connectivity index (χ3v) is 6.57. The number of hydrogen-bond acceptors (Lipinski definition) is 6. The van der Waals surface area contributed by atoms with Crippen LogP contribution in [0.3, 0.4) is 0 Å². The second-order valence-corrected chi connectivity index (χ2v) is 8.53. The van der Waals surface area contributed by atoms with Crippen LogP contribution in [-0.2, 0) is 20.0 Å². The maximum absolute atomic E-state index is 13.3. The normalized spacial score (nSPS) is 12.3. The molecule has 0 aromatic carbocycles. The molecule has 5 heterocycles. The Balaban J connectivity index is 1.55. The van der Waals surface area contributed by atoms with E-state index in [1.807, 2.05) is 49.9 Å². The molecule has 0 aliphatic heterocycles. The Hall–Kier alpha value is -3.59. The molecule has 0 radical (unpaired) electrons. The van der Waals surface area contributed by atoms with Gasteiger partial charge in [0.1, 0.15) is 10.5 Å². The highest BCUT2D eigenvalue weighted by atomic mass is 32.1. The molecule has 0 fully saturated rings. The van der Waals surface area contributed by atoms with Gasteiger partial charge in [0.05, 0.1) is 23.6 Å². The zero-order chi connectivity index (χ0) is 21.5. The Morgan fingerprint density at radius 1 is 1.29 bits per heavy atom. The Morgan fingerprint density at radius 2 is 2.16 bits per heavy atom. The van der Waals surface area contributed by atoms with E-state index in [0.29, 0.717) is 18.5 Å². The lowest BCUT2D eigenvalue weighted by atomic mass is 10.1. The Bertz CT molecular complexity index is 1490. The third-order valence-electron chi connectivity index (χ3n) is 5.49. The van der Waals surface area contributed by atoms with Crippen molar-refractivity contribution in [2.24, 2.45) is 7.05 Å². The number of aromatic amines is 1. The molecule has 0 aliphatic carbocycles. The molecule has 156 valence electrons. The minimum Gasteiger partial charge on any atom is -0.323 e. The molecule has 8 nitrogen and oxygen atoms in total. The smallest absolute Gasteiger partial charge is 0.291 e. The number of hydrogen-bond donors (Lipinski definition) is 1. The molecule has 0 amide bonds. The van der Waals surface area contributed by atoms with Crippen molar-refractivity contribution in [3.05, 3.63) is 75.2 Å². The van der Waals surface area contributed by atoms with E-state index < -0.39 is 0 Å². The summed E-state index contributed by atoms with van der Waals surface area (Å²) >= 11 is 1.60. The predicted molar refractivity (Wildman–Crippen MR) is 122 cm³/mol. The first-order valence-corrected chi connectivity index (χ1v) is 10.8. The molecule has 5 rings (SSSR count). The quantitative estimate of drug-likeness (QED) is 0.460. The fraction of sp³-hybridized carbons (Fsp3) is 0.227. The third kappa shape index (κ3) is 3.27. The maximum atomic E-state index is 13.3. The number of rotatable bonds is 5. The number of pyridine rings is 1. The van der Waals surface area contributed by atoms with E-state index in [0.717, 1.165) is 43.1 Å². The first kappa shape index (κ1) is 19.4. The summed E-state index contributed by atoms with van der Waals surface area (Å²) in [5.74, 6) is 0. The van der Waals surface area contributed by atoms with Crippen LogP contribution in [-0.4, -0.2) is 34.5 Å². The summed E-state index contributed by atoms with van der Waals surface area (Å²) in [4.78, 5) is 22.3. The van der Waals surface area contributed by atoms with Crippen LogP contribution in [0.2, 0.25) is 0 Å². The standard InChI is InChI=1S/C22H21N7OS/c1-4-15(16-10-24-27-13(16)2)12-29-22(30)19-17(11-25-29)20-21(28(19)3)26-18(31-20)8-14-6-5-7-23-9-14/h4-7,9-11H,8,12H2,1-3H3,(H,24,27)/b15-4-. The zero-order valence-electron chi connectivity index (χ0n) is 17.5. The van der Waals surface area contributed by atoms with Gasteiger partial charge in [-0.1, -0.05) is 12.1 Å². The molecule has 0 saturated carbocycles. The molecular weight excluding hydrogens is 410 g/mol. The molecule has 0 bridgehead atoms. The Kier molecular flexibility index (Phi) is 4.74. The van der Waals surface area contributed by atoms with Crippen molar-refractivity contribution in [2.45, 2.75) is 26.8 Å². The molecule has 31 heavy (non-hydrogen) atoms. The molecule has 0 spiro atoms. The van der Waals surface area contributed by atoms with Crippen LogP contribution in [0, 0.1) is 6.92 Å². The van der Waals surface area contributed by atoms with Gasteiger partial charge in [-0.15, -0.1) is 11.3 Å². The second-order valence-electron chi connectivity index (χ2n) is 7.45. The number of aryl methyl sites for hydroxylation is 2. The van der Waals surface area contributed by atoms with Gasteiger partial charge in [-0.3, -0.25) is 14.9 Å². The van der Waals surface area contributed by atoms with Crippen LogP contribution < -0.4 is 5.56 Å². The number of thiazole rings is 1. The highest BCUT2D eigenvalue weighted by molar-refractivity contribution is 7.19. The van der Waals surface area contributed by atoms with Crippen molar-refractivity contribution in [3.63, 3.8) is 0 Å². The van der Waals surface area contributed by atoms with Crippen molar-refractivity contribution >= 4 is 38.2 Å². The van der Waals surface area contributed by atoms with Gasteiger partial charge in [0, 0.05) is 42.5 Å². The van der Waals surface area contributed by atoms with Gasteiger partial charge in [-0.25, -0.2) is 9.67 Å². The highest BCUT2D eigenvalue weighted by Crippen LogP contribution is 2.31. The average Bonchev–Trinajstić information content (AvgIpc) is 3.45. The van der Waals surface area contributed by atoms with E-state index >= 15 is 0 Å². The summed E-state index contributed by atoms with van der Waals surface area (Å²) < 4.78 is 4.38. The van der Waals surface area contributed by atoms with Crippen LogP contribution in [0.15, 0.2) is 47.8 Å².